The Kier molecular flexibility index (Phi) is 7.28. The number of ether oxygens (including phenoxy) is 4. The van der Waals surface area contributed by atoms with E-state index in [2.05, 4.69) is 0 Å². The van der Waals surface area contributed by atoms with Gasteiger partial charge in [0.05, 0.1) is 33.9 Å². The molecular weight excluding hydrogens is 398 g/mol. The Hall–Kier alpha value is -2.93. The van der Waals surface area contributed by atoms with Gasteiger partial charge < -0.3 is 29.0 Å². The Morgan fingerprint density at radius 1 is 0.935 bits per heavy atom. The summed E-state index contributed by atoms with van der Waals surface area (Å²) in [6.07, 6.45) is 1.72. The van der Waals surface area contributed by atoms with Gasteiger partial charge in [0.1, 0.15) is 5.75 Å². The van der Waals surface area contributed by atoms with Gasteiger partial charge in [-0.3, -0.25) is 4.79 Å². The third-order valence-electron chi connectivity index (χ3n) is 5.99. The molecule has 1 aliphatic rings. The topological polar surface area (TPSA) is 77.5 Å². The Morgan fingerprint density at radius 2 is 1.58 bits per heavy atom. The quantitative estimate of drug-likeness (QED) is 0.626. The van der Waals surface area contributed by atoms with Crippen molar-refractivity contribution in [1.29, 1.82) is 0 Å². The Balaban J connectivity index is 1.82. The standard InChI is InChI=1S/C24H31NO6/c1-28-19-7-5-17(6-8-19)15-24(10-12-26)9-11-25(23(24)27)16-18-13-20(29-2)22(31-4)21(14-18)30-3/h5-8,13-14,26H,9-12,15-16H2,1-4H3. The van der Waals surface area contributed by atoms with Gasteiger partial charge in [-0.25, -0.2) is 0 Å². The van der Waals surface area contributed by atoms with Crippen LogP contribution in [0.25, 0.3) is 0 Å². The molecule has 168 valence electrons. The fourth-order valence-electron chi connectivity index (χ4n) is 4.32. The molecule has 0 aromatic heterocycles. The number of hydrogen-bond acceptors (Lipinski definition) is 6. The molecule has 1 N–H and O–H groups in total. The van der Waals surface area contributed by atoms with Crippen LogP contribution in [-0.2, 0) is 17.8 Å². The summed E-state index contributed by atoms with van der Waals surface area (Å²) in [5.74, 6) is 2.48. The molecule has 2 aromatic carbocycles. The number of amides is 1. The van der Waals surface area contributed by atoms with Crippen LogP contribution in [0, 0.1) is 5.41 Å². The lowest BCUT2D eigenvalue weighted by molar-refractivity contribution is -0.137. The maximum Gasteiger partial charge on any atom is 0.229 e. The maximum absolute atomic E-state index is 13.5. The SMILES string of the molecule is COc1ccc(CC2(CCO)CCN(Cc3cc(OC)c(OC)c(OC)c3)C2=O)cc1. The molecule has 3 rings (SSSR count). The Bertz CT molecular complexity index is 872. The number of nitrogens with zero attached hydrogens (tertiary/aromatic N) is 1. The van der Waals surface area contributed by atoms with Crippen molar-refractivity contribution in [3.63, 3.8) is 0 Å². The molecule has 0 saturated carbocycles. The molecule has 0 spiro atoms. The highest BCUT2D eigenvalue weighted by Crippen LogP contribution is 2.42. The maximum atomic E-state index is 13.5. The first-order chi connectivity index (χ1) is 15.0. The van der Waals surface area contributed by atoms with Crippen molar-refractivity contribution < 1.29 is 28.8 Å². The predicted molar refractivity (Wildman–Crippen MR) is 117 cm³/mol. The van der Waals surface area contributed by atoms with Crippen molar-refractivity contribution in [2.24, 2.45) is 5.41 Å². The normalized spacial score (nSPS) is 18.2. The molecule has 2 aromatic rings. The van der Waals surface area contributed by atoms with E-state index in [1.807, 2.05) is 41.3 Å². The highest BCUT2D eigenvalue weighted by Gasteiger charge is 2.46. The number of benzene rings is 2. The molecule has 7 nitrogen and oxygen atoms in total. The zero-order chi connectivity index (χ0) is 22.4. The van der Waals surface area contributed by atoms with Gasteiger partial charge in [-0.1, -0.05) is 12.1 Å². The summed E-state index contributed by atoms with van der Waals surface area (Å²) in [5, 5.41) is 9.70. The van der Waals surface area contributed by atoms with E-state index in [0.717, 1.165) is 16.9 Å². The summed E-state index contributed by atoms with van der Waals surface area (Å²) >= 11 is 0. The fourth-order valence-corrected chi connectivity index (χ4v) is 4.32. The van der Waals surface area contributed by atoms with Gasteiger partial charge in [0.2, 0.25) is 11.7 Å². The van der Waals surface area contributed by atoms with Crippen molar-refractivity contribution in [3.05, 3.63) is 47.5 Å². The number of methoxy groups -OCH3 is 4. The third kappa shape index (κ3) is 4.71. The van der Waals surface area contributed by atoms with Crippen LogP contribution in [0.3, 0.4) is 0 Å². The minimum atomic E-state index is -0.607. The molecule has 7 heteroatoms. The second-order valence-corrected chi connectivity index (χ2v) is 7.79. The third-order valence-corrected chi connectivity index (χ3v) is 5.99. The minimum Gasteiger partial charge on any atom is -0.497 e. The minimum absolute atomic E-state index is 0.0279. The molecule has 1 heterocycles. The predicted octanol–water partition coefficient (Wildman–Crippen LogP) is 3.06. The molecule has 1 saturated heterocycles. The lowest BCUT2D eigenvalue weighted by atomic mass is 9.77. The smallest absolute Gasteiger partial charge is 0.229 e. The first-order valence-corrected chi connectivity index (χ1v) is 10.3. The molecule has 31 heavy (non-hydrogen) atoms. The molecule has 1 fully saturated rings. The zero-order valence-electron chi connectivity index (χ0n) is 18.6. The molecular formula is C24H31NO6. The van der Waals surface area contributed by atoms with Gasteiger partial charge in [-0.15, -0.1) is 0 Å². The number of carbonyl (C=O) groups is 1. The van der Waals surface area contributed by atoms with Crippen LogP contribution in [0.4, 0.5) is 0 Å². The average molecular weight is 430 g/mol. The van der Waals surface area contributed by atoms with E-state index in [9.17, 15) is 9.90 Å². The highest BCUT2D eigenvalue weighted by molar-refractivity contribution is 5.85. The van der Waals surface area contributed by atoms with Gasteiger partial charge in [-0.2, -0.15) is 0 Å². The van der Waals surface area contributed by atoms with Crippen LogP contribution in [-0.4, -0.2) is 57.5 Å². The van der Waals surface area contributed by atoms with E-state index in [1.54, 1.807) is 28.4 Å². The van der Waals surface area contributed by atoms with Gasteiger partial charge in [0.15, 0.2) is 11.5 Å². The Labute approximate surface area is 183 Å². The van der Waals surface area contributed by atoms with Gasteiger partial charge in [0, 0.05) is 19.7 Å². The van der Waals surface area contributed by atoms with Gasteiger partial charge in [0.25, 0.3) is 0 Å². The molecule has 1 atom stereocenters. The monoisotopic (exact) mass is 429 g/mol. The summed E-state index contributed by atoms with van der Waals surface area (Å²) in [6.45, 7) is 1.04. The Morgan fingerprint density at radius 3 is 2.10 bits per heavy atom. The van der Waals surface area contributed by atoms with Crippen LogP contribution in [0.1, 0.15) is 24.0 Å². The van der Waals surface area contributed by atoms with Crippen LogP contribution < -0.4 is 18.9 Å². The highest BCUT2D eigenvalue weighted by atomic mass is 16.5. The molecule has 0 bridgehead atoms. The van der Waals surface area contributed by atoms with Crippen molar-refractivity contribution in [2.75, 3.05) is 41.6 Å². The number of rotatable bonds is 10. The number of hydrogen-bond donors (Lipinski definition) is 1. The lowest BCUT2D eigenvalue weighted by Crippen LogP contribution is -2.36. The number of carbonyl (C=O) groups excluding carboxylic acids is 1. The van der Waals surface area contributed by atoms with Crippen molar-refractivity contribution in [1.82, 2.24) is 4.90 Å². The first-order valence-electron chi connectivity index (χ1n) is 10.3. The summed E-state index contributed by atoms with van der Waals surface area (Å²) in [5.41, 5.74) is 1.34. The van der Waals surface area contributed by atoms with Gasteiger partial charge in [-0.05, 0) is 54.7 Å². The second-order valence-electron chi connectivity index (χ2n) is 7.79. The summed E-state index contributed by atoms with van der Waals surface area (Å²) in [6, 6.07) is 11.5. The zero-order valence-corrected chi connectivity index (χ0v) is 18.6. The molecule has 0 aliphatic carbocycles. The summed E-state index contributed by atoms with van der Waals surface area (Å²) in [7, 11) is 6.34. The van der Waals surface area contributed by atoms with Crippen LogP contribution in [0.15, 0.2) is 36.4 Å². The molecule has 0 radical (unpaired) electrons. The molecule has 1 amide bonds. The van der Waals surface area contributed by atoms with Crippen LogP contribution in [0.2, 0.25) is 0 Å². The van der Waals surface area contributed by atoms with Gasteiger partial charge >= 0.3 is 0 Å². The second kappa shape index (κ2) is 9.92. The summed E-state index contributed by atoms with van der Waals surface area (Å²) < 4.78 is 21.5. The number of aliphatic hydroxyl groups is 1. The van der Waals surface area contributed by atoms with E-state index >= 15 is 0 Å². The van der Waals surface area contributed by atoms with Crippen molar-refractivity contribution in [3.8, 4) is 23.0 Å². The van der Waals surface area contributed by atoms with Crippen LogP contribution in [0.5, 0.6) is 23.0 Å². The largest absolute Gasteiger partial charge is 0.497 e. The van der Waals surface area contributed by atoms with Crippen LogP contribution >= 0.6 is 0 Å². The summed E-state index contributed by atoms with van der Waals surface area (Å²) in [4.78, 5) is 15.3. The number of likely N-dealkylation sites (tertiary alicyclic amines) is 1. The molecule has 1 aliphatic heterocycles. The van der Waals surface area contributed by atoms with Crippen molar-refractivity contribution >= 4 is 5.91 Å². The molecule has 1 unspecified atom stereocenters. The van der Waals surface area contributed by atoms with Crippen molar-refractivity contribution in [2.45, 2.75) is 25.8 Å². The number of aliphatic hydroxyl groups excluding tert-OH is 1. The fraction of sp³-hybridized carbons (Fsp3) is 0.458. The average Bonchev–Trinajstić information content (AvgIpc) is 3.08. The van der Waals surface area contributed by atoms with E-state index in [1.165, 1.54) is 0 Å². The van der Waals surface area contributed by atoms with E-state index in [4.69, 9.17) is 18.9 Å². The van der Waals surface area contributed by atoms with E-state index in [-0.39, 0.29) is 12.5 Å². The first kappa shape index (κ1) is 22.7. The lowest BCUT2D eigenvalue weighted by Gasteiger charge is -2.28. The van der Waals surface area contributed by atoms with E-state index in [0.29, 0.717) is 49.6 Å². The van der Waals surface area contributed by atoms with E-state index < -0.39 is 5.41 Å².